The number of nitrogens with zero attached hydrogens (tertiary/aromatic N) is 1. The average molecular weight is 206 g/mol. The molecule has 1 rings (SSSR count). The Kier molecular flexibility index (Phi) is 5.16. The molecule has 0 radical (unpaired) electrons. The van der Waals surface area contributed by atoms with E-state index in [-0.39, 0.29) is 0 Å². The van der Waals surface area contributed by atoms with E-state index in [9.17, 15) is 0 Å². The summed E-state index contributed by atoms with van der Waals surface area (Å²) in [6.07, 6.45) is 7.96. The van der Waals surface area contributed by atoms with Crippen molar-refractivity contribution in [3.05, 3.63) is 23.9 Å². The molecule has 2 nitrogen and oxygen atoms in total. The van der Waals surface area contributed by atoms with Crippen molar-refractivity contribution in [3.8, 4) is 0 Å². The molecule has 2 N–H and O–H groups in total. The standard InChI is InChI=1S/C13H22N2/c1-3-5-8-11(7-4-2)12-9-6-10-15-13(12)14/h6,9-11H,3-5,7-8H2,1-2H3,(H2,14,15). The first-order valence-electron chi connectivity index (χ1n) is 6.00. The van der Waals surface area contributed by atoms with Gasteiger partial charge in [-0.2, -0.15) is 0 Å². The van der Waals surface area contributed by atoms with Gasteiger partial charge in [0.05, 0.1) is 0 Å². The molecular weight excluding hydrogens is 184 g/mol. The Morgan fingerprint density at radius 3 is 2.67 bits per heavy atom. The van der Waals surface area contributed by atoms with Gasteiger partial charge in [0.15, 0.2) is 0 Å². The van der Waals surface area contributed by atoms with Gasteiger partial charge in [-0.25, -0.2) is 4.98 Å². The molecule has 0 saturated heterocycles. The first kappa shape index (κ1) is 12.0. The molecule has 1 aromatic heterocycles. The van der Waals surface area contributed by atoms with Crippen LogP contribution in [0.3, 0.4) is 0 Å². The SMILES string of the molecule is CCCCC(CCC)c1cccnc1N. The third-order valence-electron chi connectivity index (χ3n) is 2.85. The third kappa shape index (κ3) is 3.54. The van der Waals surface area contributed by atoms with E-state index < -0.39 is 0 Å². The fraction of sp³-hybridized carbons (Fsp3) is 0.615. The lowest BCUT2D eigenvalue weighted by Crippen LogP contribution is -2.04. The first-order valence-corrected chi connectivity index (χ1v) is 6.00. The Morgan fingerprint density at radius 1 is 1.27 bits per heavy atom. The normalized spacial score (nSPS) is 12.7. The lowest BCUT2D eigenvalue weighted by Gasteiger charge is -2.17. The number of hydrogen-bond acceptors (Lipinski definition) is 2. The van der Waals surface area contributed by atoms with Crippen LogP contribution in [0.2, 0.25) is 0 Å². The minimum atomic E-state index is 0.601. The van der Waals surface area contributed by atoms with Gasteiger partial charge in [0, 0.05) is 6.20 Å². The Labute approximate surface area is 92.9 Å². The number of aromatic nitrogens is 1. The van der Waals surface area contributed by atoms with Crippen LogP contribution in [0.4, 0.5) is 5.82 Å². The van der Waals surface area contributed by atoms with E-state index in [4.69, 9.17) is 5.73 Å². The second-order valence-electron chi connectivity index (χ2n) is 4.11. The van der Waals surface area contributed by atoms with Gasteiger partial charge in [0.25, 0.3) is 0 Å². The maximum absolute atomic E-state index is 5.91. The van der Waals surface area contributed by atoms with Crippen LogP contribution in [0.15, 0.2) is 18.3 Å². The summed E-state index contributed by atoms with van der Waals surface area (Å²) in [6, 6.07) is 4.11. The molecule has 0 aliphatic heterocycles. The highest BCUT2D eigenvalue weighted by atomic mass is 14.8. The molecule has 0 aliphatic rings. The molecule has 0 aliphatic carbocycles. The Hall–Kier alpha value is -1.05. The van der Waals surface area contributed by atoms with E-state index in [1.54, 1.807) is 6.20 Å². The molecule has 0 aromatic carbocycles. The Balaban J connectivity index is 2.74. The lowest BCUT2D eigenvalue weighted by molar-refractivity contribution is 0.541. The summed E-state index contributed by atoms with van der Waals surface area (Å²) in [4.78, 5) is 4.17. The molecule has 84 valence electrons. The van der Waals surface area contributed by atoms with Crippen molar-refractivity contribution in [2.75, 3.05) is 5.73 Å². The van der Waals surface area contributed by atoms with E-state index in [0.29, 0.717) is 11.7 Å². The second-order valence-corrected chi connectivity index (χ2v) is 4.11. The maximum atomic E-state index is 5.91. The molecule has 0 spiro atoms. The van der Waals surface area contributed by atoms with Crippen LogP contribution in [0, 0.1) is 0 Å². The number of nitrogens with two attached hydrogens (primary N) is 1. The number of unbranched alkanes of at least 4 members (excludes halogenated alkanes) is 1. The number of rotatable bonds is 6. The minimum Gasteiger partial charge on any atom is -0.383 e. The molecule has 15 heavy (non-hydrogen) atoms. The molecule has 1 aromatic rings. The van der Waals surface area contributed by atoms with Crippen molar-refractivity contribution < 1.29 is 0 Å². The van der Waals surface area contributed by atoms with Gasteiger partial charge in [-0.3, -0.25) is 0 Å². The lowest BCUT2D eigenvalue weighted by atomic mass is 9.90. The van der Waals surface area contributed by atoms with E-state index in [2.05, 4.69) is 24.9 Å². The number of anilines is 1. The van der Waals surface area contributed by atoms with Crippen molar-refractivity contribution in [2.24, 2.45) is 0 Å². The van der Waals surface area contributed by atoms with E-state index >= 15 is 0 Å². The molecule has 2 heteroatoms. The van der Waals surface area contributed by atoms with Crippen molar-refractivity contribution in [3.63, 3.8) is 0 Å². The minimum absolute atomic E-state index is 0.601. The zero-order chi connectivity index (χ0) is 11.1. The van der Waals surface area contributed by atoms with Crippen molar-refractivity contribution >= 4 is 5.82 Å². The zero-order valence-corrected chi connectivity index (χ0v) is 9.87. The van der Waals surface area contributed by atoms with Gasteiger partial charge in [-0.1, -0.05) is 39.2 Å². The van der Waals surface area contributed by atoms with Crippen LogP contribution in [-0.2, 0) is 0 Å². The van der Waals surface area contributed by atoms with Gasteiger partial charge in [0.2, 0.25) is 0 Å². The molecule has 1 heterocycles. The van der Waals surface area contributed by atoms with Crippen LogP contribution in [0.25, 0.3) is 0 Å². The highest BCUT2D eigenvalue weighted by Crippen LogP contribution is 2.29. The van der Waals surface area contributed by atoms with Gasteiger partial charge in [-0.05, 0) is 30.4 Å². The quantitative estimate of drug-likeness (QED) is 0.770. The average Bonchev–Trinajstić information content (AvgIpc) is 2.25. The van der Waals surface area contributed by atoms with E-state index in [1.807, 2.05) is 6.07 Å². The summed E-state index contributed by atoms with van der Waals surface area (Å²) in [6.45, 7) is 4.46. The Bertz CT molecular complexity index is 284. The van der Waals surface area contributed by atoms with Crippen molar-refractivity contribution in [1.82, 2.24) is 4.98 Å². The number of nitrogen functional groups attached to an aromatic ring is 1. The Morgan fingerprint density at radius 2 is 2.07 bits per heavy atom. The van der Waals surface area contributed by atoms with Gasteiger partial charge in [0.1, 0.15) is 5.82 Å². The summed E-state index contributed by atoms with van der Waals surface area (Å²) in [5.41, 5.74) is 7.16. The molecule has 0 fully saturated rings. The predicted molar refractivity (Wildman–Crippen MR) is 65.8 cm³/mol. The van der Waals surface area contributed by atoms with Gasteiger partial charge < -0.3 is 5.73 Å². The fourth-order valence-corrected chi connectivity index (χ4v) is 2.03. The van der Waals surface area contributed by atoms with Crippen molar-refractivity contribution in [2.45, 2.75) is 51.9 Å². The topological polar surface area (TPSA) is 38.9 Å². The van der Waals surface area contributed by atoms with Crippen LogP contribution < -0.4 is 5.73 Å². The van der Waals surface area contributed by atoms with E-state index in [1.165, 1.54) is 37.7 Å². The molecule has 1 atom stereocenters. The van der Waals surface area contributed by atoms with Crippen LogP contribution in [-0.4, -0.2) is 4.98 Å². The van der Waals surface area contributed by atoms with Crippen molar-refractivity contribution in [1.29, 1.82) is 0 Å². The highest BCUT2D eigenvalue weighted by molar-refractivity contribution is 5.41. The molecule has 0 bridgehead atoms. The van der Waals surface area contributed by atoms with Gasteiger partial charge in [-0.15, -0.1) is 0 Å². The van der Waals surface area contributed by atoms with E-state index in [0.717, 1.165) is 0 Å². The zero-order valence-electron chi connectivity index (χ0n) is 9.87. The molecule has 0 saturated carbocycles. The van der Waals surface area contributed by atoms with Crippen LogP contribution >= 0.6 is 0 Å². The maximum Gasteiger partial charge on any atom is 0.126 e. The monoisotopic (exact) mass is 206 g/mol. The van der Waals surface area contributed by atoms with Crippen LogP contribution in [0.5, 0.6) is 0 Å². The largest absolute Gasteiger partial charge is 0.383 e. The summed E-state index contributed by atoms with van der Waals surface area (Å²) >= 11 is 0. The third-order valence-corrected chi connectivity index (χ3v) is 2.85. The highest BCUT2D eigenvalue weighted by Gasteiger charge is 2.13. The summed E-state index contributed by atoms with van der Waals surface area (Å²) in [5, 5.41) is 0. The molecule has 1 unspecified atom stereocenters. The fourth-order valence-electron chi connectivity index (χ4n) is 2.03. The number of hydrogen-bond donors (Lipinski definition) is 1. The smallest absolute Gasteiger partial charge is 0.126 e. The predicted octanol–water partition coefficient (Wildman–Crippen LogP) is 3.74. The summed E-state index contributed by atoms with van der Waals surface area (Å²) in [7, 11) is 0. The summed E-state index contributed by atoms with van der Waals surface area (Å²) < 4.78 is 0. The van der Waals surface area contributed by atoms with Crippen LogP contribution in [0.1, 0.15) is 57.4 Å². The number of pyridine rings is 1. The molecule has 0 amide bonds. The first-order chi connectivity index (χ1) is 7.29. The van der Waals surface area contributed by atoms with Gasteiger partial charge >= 0.3 is 0 Å². The second kappa shape index (κ2) is 6.44. The summed E-state index contributed by atoms with van der Waals surface area (Å²) in [5.74, 6) is 1.32. The molecular formula is C13H22N2.